The molecule has 38 heavy (non-hydrogen) atoms. The Morgan fingerprint density at radius 2 is 1.95 bits per heavy atom. The summed E-state index contributed by atoms with van der Waals surface area (Å²) in [6, 6.07) is 9.99. The molecule has 0 unspecified atom stereocenters. The summed E-state index contributed by atoms with van der Waals surface area (Å²) in [5, 5.41) is 2.92. The summed E-state index contributed by atoms with van der Waals surface area (Å²) in [5.41, 5.74) is 1.19. The van der Waals surface area contributed by atoms with Crippen molar-refractivity contribution in [3.05, 3.63) is 59.9 Å². The third kappa shape index (κ3) is 7.91. The van der Waals surface area contributed by atoms with Crippen LogP contribution in [-0.2, 0) is 22.3 Å². The van der Waals surface area contributed by atoms with E-state index >= 15 is 0 Å². The molecule has 2 atom stereocenters. The van der Waals surface area contributed by atoms with Gasteiger partial charge in [-0.2, -0.15) is 13.2 Å². The van der Waals surface area contributed by atoms with Crippen LogP contribution in [0.4, 0.5) is 18.9 Å². The van der Waals surface area contributed by atoms with Crippen LogP contribution < -0.4 is 10.2 Å². The molecule has 2 fully saturated rings. The third-order valence-electron chi connectivity index (χ3n) is 7.60. The molecule has 1 N–H and O–H groups in total. The number of halogens is 3. The van der Waals surface area contributed by atoms with E-state index in [0.717, 1.165) is 51.6 Å². The first-order valence-electron chi connectivity index (χ1n) is 13.4. The summed E-state index contributed by atoms with van der Waals surface area (Å²) >= 11 is 0. The predicted molar refractivity (Wildman–Crippen MR) is 141 cm³/mol. The van der Waals surface area contributed by atoms with Crippen LogP contribution in [0.25, 0.3) is 0 Å². The van der Waals surface area contributed by atoms with Gasteiger partial charge in [-0.05, 0) is 55.1 Å². The van der Waals surface area contributed by atoms with Crippen molar-refractivity contribution in [1.29, 1.82) is 0 Å². The molecule has 0 radical (unpaired) electrons. The van der Waals surface area contributed by atoms with Gasteiger partial charge >= 0.3 is 6.18 Å². The number of piperidine rings is 1. The fourth-order valence-corrected chi connectivity index (χ4v) is 5.64. The van der Waals surface area contributed by atoms with Gasteiger partial charge in [-0.3, -0.25) is 19.6 Å². The highest BCUT2D eigenvalue weighted by Crippen LogP contribution is 2.33. The van der Waals surface area contributed by atoms with Gasteiger partial charge in [0.1, 0.15) is 0 Å². The number of alkyl halides is 3. The summed E-state index contributed by atoms with van der Waals surface area (Å²) in [4.78, 5) is 23.6. The average Bonchev–Trinajstić information content (AvgIpc) is 2.92. The van der Waals surface area contributed by atoms with Gasteiger partial charge in [0.2, 0.25) is 5.91 Å². The van der Waals surface area contributed by atoms with Gasteiger partial charge in [-0.15, -0.1) is 0 Å². The zero-order valence-electron chi connectivity index (χ0n) is 22.0. The SMILES string of the molecule is COCCNC(=O)CC[C@@H]1CN(Cc2cccnc2)CC[C@@H]1N1CCN(c2cccc(C(F)(F)F)c2)CC1. The molecule has 2 saturated heterocycles. The maximum Gasteiger partial charge on any atom is 0.416 e. The number of nitrogens with zero attached hydrogens (tertiary/aromatic N) is 4. The lowest BCUT2D eigenvalue weighted by atomic mass is 9.86. The molecule has 7 nitrogen and oxygen atoms in total. The highest BCUT2D eigenvalue weighted by Gasteiger charge is 2.35. The molecular formula is C28H38F3N5O2. The predicted octanol–water partition coefficient (Wildman–Crippen LogP) is 3.66. The van der Waals surface area contributed by atoms with Crippen molar-refractivity contribution in [1.82, 2.24) is 20.1 Å². The number of ether oxygens (including phenoxy) is 1. The van der Waals surface area contributed by atoms with E-state index in [0.29, 0.717) is 50.3 Å². The lowest BCUT2D eigenvalue weighted by molar-refractivity contribution is -0.137. The molecule has 10 heteroatoms. The van der Waals surface area contributed by atoms with Crippen molar-refractivity contribution in [2.24, 2.45) is 5.92 Å². The molecule has 4 rings (SSSR count). The topological polar surface area (TPSA) is 60.9 Å². The Labute approximate surface area is 223 Å². The van der Waals surface area contributed by atoms with Crippen LogP contribution in [0, 0.1) is 5.92 Å². The third-order valence-corrected chi connectivity index (χ3v) is 7.60. The van der Waals surface area contributed by atoms with Crippen LogP contribution in [0.15, 0.2) is 48.8 Å². The molecule has 1 amide bonds. The van der Waals surface area contributed by atoms with Gasteiger partial charge in [-0.25, -0.2) is 0 Å². The minimum atomic E-state index is -4.34. The fraction of sp³-hybridized carbons (Fsp3) is 0.571. The highest BCUT2D eigenvalue weighted by atomic mass is 19.4. The zero-order chi connectivity index (χ0) is 27.0. The van der Waals surface area contributed by atoms with Crippen LogP contribution in [-0.4, -0.2) is 86.3 Å². The van der Waals surface area contributed by atoms with Crippen LogP contribution in [0.3, 0.4) is 0 Å². The number of methoxy groups -OCH3 is 1. The van der Waals surface area contributed by atoms with E-state index in [-0.39, 0.29) is 5.91 Å². The van der Waals surface area contributed by atoms with E-state index < -0.39 is 11.7 Å². The number of hydrogen-bond acceptors (Lipinski definition) is 6. The summed E-state index contributed by atoms with van der Waals surface area (Å²) in [7, 11) is 1.61. The second kappa shape index (κ2) is 13.4. The minimum Gasteiger partial charge on any atom is -0.383 e. The first kappa shape index (κ1) is 28.3. The first-order valence-corrected chi connectivity index (χ1v) is 13.4. The molecule has 2 aliphatic rings. The molecule has 0 spiro atoms. The van der Waals surface area contributed by atoms with E-state index in [1.165, 1.54) is 17.7 Å². The lowest BCUT2D eigenvalue weighted by Crippen LogP contribution is -2.56. The standard InChI is InChI=1S/C28H38F3N5O2/c1-38-17-11-33-27(37)8-7-23-21-34(20-22-4-3-10-32-19-22)12-9-26(23)36-15-13-35(14-16-36)25-6-2-5-24(18-25)28(29,30)31/h2-6,10,18-19,23,26H,7-9,11-17,20-21H2,1H3,(H,33,37)/t23-,26+/m1/s1. The van der Waals surface area contributed by atoms with Gasteiger partial charge in [0.05, 0.1) is 12.2 Å². The Bertz CT molecular complexity index is 1020. The number of pyridine rings is 1. The lowest BCUT2D eigenvalue weighted by Gasteiger charge is -2.47. The van der Waals surface area contributed by atoms with Crippen molar-refractivity contribution in [2.45, 2.75) is 38.0 Å². The number of amides is 1. The number of piperazine rings is 1. The number of anilines is 1. The number of carbonyl (C=O) groups is 1. The monoisotopic (exact) mass is 533 g/mol. The van der Waals surface area contributed by atoms with Gasteiger partial charge in [0.15, 0.2) is 0 Å². The van der Waals surface area contributed by atoms with Crippen LogP contribution >= 0.6 is 0 Å². The number of nitrogens with one attached hydrogen (secondary N) is 1. The van der Waals surface area contributed by atoms with Gasteiger partial charge in [-0.1, -0.05) is 12.1 Å². The van der Waals surface area contributed by atoms with Gasteiger partial charge < -0.3 is 15.0 Å². The van der Waals surface area contributed by atoms with E-state index in [9.17, 15) is 18.0 Å². The molecule has 2 aromatic rings. The first-order chi connectivity index (χ1) is 18.3. The molecule has 1 aromatic heterocycles. The molecule has 3 heterocycles. The molecule has 208 valence electrons. The Morgan fingerprint density at radius 1 is 1.13 bits per heavy atom. The maximum absolute atomic E-state index is 13.2. The maximum atomic E-state index is 13.2. The molecule has 2 aliphatic heterocycles. The number of aromatic nitrogens is 1. The molecule has 0 saturated carbocycles. The van der Waals surface area contributed by atoms with Crippen molar-refractivity contribution < 1.29 is 22.7 Å². The van der Waals surface area contributed by atoms with E-state index in [1.54, 1.807) is 19.4 Å². The van der Waals surface area contributed by atoms with Crippen molar-refractivity contribution in [3.63, 3.8) is 0 Å². The van der Waals surface area contributed by atoms with Gasteiger partial charge in [0, 0.05) is 83.5 Å². The van der Waals surface area contributed by atoms with Crippen LogP contribution in [0.1, 0.15) is 30.4 Å². The van der Waals surface area contributed by atoms with Gasteiger partial charge in [0.25, 0.3) is 0 Å². The minimum absolute atomic E-state index is 0.0412. The summed E-state index contributed by atoms with van der Waals surface area (Å²) in [6.45, 7) is 6.65. The average molecular weight is 534 g/mol. The normalized spacial score (nSPS) is 21.4. The Morgan fingerprint density at radius 3 is 2.66 bits per heavy atom. The van der Waals surface area contributed by atoms with E-state index in [2.05, 4.69) is 26.2 Å². The fourth-order valence-electron chi connectivity index (χ4n) is 5.64. The Kier molecular flexibility index (Phi) is 9.98. The Balaban J connectivity index is 1.37. The quantitative estimate of drug-likeness (QED) is 0.471. The van der Waals surface area contributed by atoms with Crippen LogP contribution in [0.2, 0.25) is 0 Å². The molecule has 1 aromatic carbocycles. The smallest absolute Gasteiger partial charge is 0.383 e. The number of likely N-dealkylation sites (tertiary alicyclic amines) is 1. The molecule has 0 aliphatic carbocycles. The second-order valence-electron chi connectivity index (χ2n) is 10.2. The number of benzene rings is 1. The summed E-state index contributed by atoms with van der Waals surface area (Å²) < 4.78 is 44.6. The molecular weight excluding hydrogens is 495 g/mol. The number of hydrogen-bond donors (Lipinski definition) is 1. The van der Waals surface area contributed by atoms with E-state index in [1.807, 2.05) is 17.2 Å². The highest BCUT2D eigenvalue weighted by molar-refractivity contribution is 5.75. The number of carbonyl (C=O) groups excluding carboxylic acids is 1. The summed E-state index contributed by atoms with van der Waals surface area (Å²) in [6.07, 6.45) is 1.60. The number of rotatable bonds is 10. The van der Waals surface area contributed by atoms with Crippen molar-refractivity contribution >= 4 is 11.6 Å². The van der Waals surface area contributed by atoms with Crippen molar-refractivity contribution in [3.8, 4) is 0 Å². The molecule has 0 bridgehead atoms. The zero-order valence-corrected chi connectivity index (χ0v) is 22.0. The van der Waals surface area contributed by atoms with E-state index in [4.69, 9.17) is 4.74 Å². The largest absolute Gasteiger partial charge is 0.416 e. The Hall–Kier alpha value is -2.69. The second-order valence-corrected chi connectivity index (χ2v) is 10.2. The van der Waals surface area contributed by atoms with Crippen LogP contribution in [0.5, 0.6) is 0 Å². The summed E-state index contributed by atoms with van der Waals surface area (Å²) in [5.74, 6) is 0.369. The van der Waals surface area contributed by atoms with Crippen molar-refractivity contribution in [2.75, 3.05) is 64.4 Å².